The van der Waals surface area contributed by atoms with Crippen LogP contribution in [0.5, 0.6) is 5.75 Å². The van der Waals surface area contributed by atoms with E-state index < -0.39 is 0 Å². The first-order valence-electron chi connectivity index (χ1n) is 8.60. The summed E-state index contributed by atoms with van der Waals surface area (Å²) in [5.74, 6) is 0.772. The number of nitrogens with one attached hydrogen (secondary N) is 1. The number of ether oxygens (including phenoxy) is 1. The maximum Gasteiger partial charge on any atom is 0.326 e. The molecule has 0 saturated carbocycles. The van der Waals surface area contributed by atoms with Gasteiger partial charge in [0.05, 0.1) is 12.8 Å². The largest absolute Gasteiger partial charge is 0.496 e. The first-order valence-corrected chi connectivity index (χ1v) is 8.60. The van der Waals surface area contributed by atoms with Crippen LogP contribution in [0.2, 0.25) is 0 Å². The molecule has 1 N–H and O–H groups in total. The average Bonchev–Trinajstić information content (AvgIpc) is 2.96. The number of methoxy groups -OCH3 is 1. The van der Waals surface area contributed by atoms with Gasteiger partial charge in [-0.25, -0.2) is 4.79 Å². The van der Waals surface area contributed by atoms with E-state index in [0.717, 1.165) is 42.9 Å². The zero-order valence-corrected chi connectivity index (χ0v) is 15.0. The molecule has 5 heteroatoms. The van der Waals surface area contributed by atoms with E-state index in [1.54, 1.807) is 7.11 Å². The quantitative estimate of drug-likeness (QED) is 0.940. The Labute approximate surface area is 143 Å². The first-order chi connectivity index (χ1) is 11.4. The van der Waals surface area contributed by atoms with E-state index in [1.165, 1.54) is 0 Å². The van der Waals surface area contributed by atoms with Gasteiger partial charge in [-0.15, -0.1) is 0 Å². The van der Waals surface area contributed by atoms with E-state index in [0.29, 0.717) is 0 Å². The van der Waals surface area contributed by atoms with Gasteiger partial charge in [0.1, 0.15) is 5.75 Å². The molecule has 1 aromatic heterocycles. The summed E-state index contributed by atoms with van der Waals surface area (Å²) in [6.07, 6.45) is 3.94. The van der Waals surface area contributed by atoms with Gasteiger partial charge in [-0.1, -0.05) is 12.1 Å². The van der Waals surface area contributed by atoms with Gasteiger partial charge in [0, 0.05) is 36.4 Å². The molecule has 24 heavy (non-hydrogen) atoms. The topological polar surface area (TPSA) is 50.3 Å². The minimum absolute atomic E-state index is 0.0369. The number of piperidine rings is 1. The van der Waals surface area contributed by atoms with Crippen LogP contribution in [0.1, 0.15) is 39.7 Å². The summed E-state index contributed by atoms with van der Waals surface area (Å²) >= 11 is 0. The number of likely N-dealkylation sites (tertiary alicyclic amines) is 1. The molecule has 1 aliphatic rings. The molecule has 0 bridgehead atoms. The van der Waals surface area contributed by atoms with E-state index in [-0.39, 0.29) is 17.3 Å². The molecule has 5 nitrogen and oxygen atoms in total. The molecule has 0 atom stereocenters. The zero-order valence-electron chi connectivity index (χ0n) is 15.0. The van der Waals surface area contributed by atoms with Crippen LogP contribution in [-0.2, 0) is 0 Å². The minimum atomic E-state index is -0.0369. The monoisotopic (exact) mass is 329 g/mol. The highest BCUT2D eigenvalue weighted by atomic mass is 16.5. The fraction of sp³-hybridized carbons (Fsp3) is 0.526. The summed E-state index contributed by atoms with van der Waals surface area (Å²) in [6, 6.07) is 8.02. The van der Waals surface area contributed by atoms with E-state index in [1.807, 2.05) is 35.0 Å². The van der Waals surface area contributed by atoms with Crippen molar-refractivity contribution in [3.05, 3.63) is 40.9 Å². The molecule has 1 fully saturated rings. The van der Waals surface area contributed by atoms with Gasteiger partial charge in [-0.2, -0.15) is 0 Å². The highest BCUT2D eigenvalue weighted by molar-refractivity contribution is 5.66. The number of nitrogens with zero attached hydrogens (tertiary/aromatic N) is 2. The number of hydrogen-bond donors (Lipinski definition) is 1. The Balaban J connectivity index is 1.82. The van der Waals surface area contributed by atoms with Crippen LogP contribution >= 0.6 is 0 Å². The van der Waals surface area contributed by atoms with Gasteiger partial charge in [0.15, 0.2) is 0 Å². The molecule has 0 unspecified atom stereocenters. The Morgan fingerprint density at radius 2 is 1.83 bits per heavy atom. The summed E-state index contributed by atoms with van der Waals surface area (Å²) in [4.78, 5) is 17.9. The van der Waals surface area contributed by atoms with E-state index >= 15 is 0 Å². The standard InChI is InChI=1S/C19H27N3O2/c1-19(2,3)21-11-9-14(10-12-21)22-13-16(20-18(22)23)15-7-5-6-8-17(15)24-4/h5-8,13-14H,9-12H2,1-4H3,(H,20,23). The second-order valence-electron chi connectivity index (χ2n) is 7.47. The van der Waals surface area contributed by atoms with Gasteiger partial charge in [0.25, 0.3) is 0 Å². The molecule has 0 spiro atoms. The lowest BCUT2D eigenvalue weighted by molar-refractivity contribution is 0.0891. The highest BCUT2D eigenvalue weighted by Gasteiger charge is 2.28. The molecule has 0 radical (unpaired) electrons. The van der Waals surface area contributed by atoms with Crippen LogP contribution in [0.15, 0.2) is 35.3 Å². The third-order valence-corrected chi connectivity index (χ3v) is 4.95. The Kier molecular flexibility index (Phi) is 4.54. The SMILES string of the molecule is COc1ccccc1-c1cn(C2CCN(C(C)(C)C)CC2)c(=O)[nH]1. The number of aromatic nitrogens is 2. The van der Waals surface area contributed by atoms with Crippen molar-refractivity contribution in [1.82, 2.24) is 14.5 Å². The van der Waals surface area contributed by atoms with Gasteiger partial charge < -0.3 is 9.72 Å². The van der Waals surface area contributed by atoms with Gasteiger partial charge in [0.2, 0.25) is 0 Å². The van der Waals surface area contributed by atoms with Crippen LogP contribution < -0.4 is 10.4 Å². The average molecular weight is 329 g/mol. The number of imidazole rings is 1. The molecule has 130 valence electrons. The van der Waals surface area contributed by atoms with Gasteiger partial charge in [-0.3, -0.25) is 9.47 Å². The predicted octanol–water partition coefficient (Wildman–Crippen LogP) is 3.29. The van der Waals surface area contributed by atoms with Crippen molar-refractivity contribution < 1.29 is 4.74 Å². The van der Waals surface area contributed by atoms with Crippen molar-refractivity contribution in [2.24, 2.45) is 0 Å². The highest BCUT2D eigenvalue weighted by Crippen LogP contribution is 2.30. The van der Waals surface area contributed by atoms with E-state index in [4.69, 9.17) is 4.74 Å². The Hall–Kier alpha value is -2.01. The van der Waals surface area contributed by atoms with Crippen molar-refractivity contribution in [3.63, 3.8) is 0 Å². The van der Waals surface area contributed by atoms with Crippen molar-refractivity contribution in [2.45, 2.75) is 45.2 Å². The molecule has 1 aliphatic heterocycles. The lowest BCUT2D eigenvalue weighted by Gasteiger charge is -2.40. The number of hydrogen-bond acceptors (Lipinski definition) is 3. The molecule has 0 amide bonds. The van der Waals surface area contributed by atoms with Crippen molar-refractivity contribution in [2.75, 3.05) is 20.2 Å². The Bertz CT molecular complexity index is 746. The summed E-state index contributed by atoms with van der Waals surface area (Å²) in [7, 11) is 1.65. The number of H-pyrrole nitrogens is 1. The number of rotatable bonds is 3. The molecular formula is C19H27N3O2. The van der Waals surface area contributed by atoms with Crippen LogP contribution in [-0.4, -0.2) is 40.2 Å². The Morgan fingerprint density at radius 3 is 2.46 bits per heavy atom. The number of aromatic amines is 1. The maximum atomic E-state index is 12.4. The number of para-hydroxylation sites is 1. The van der Waals surface area contributed by atoms with Crippen LogP contribution in [0, 0.1) is 0 Å². The molecule has 0 aliphatic carbocycles. The fourth-order valence-corrected chi connectivity index (χ4v) is 3.50. The summed E-state index contributed by atoms with van der Waals surface area (Å²) in [5.41, 5.74) is 1.89. The normalized spacial score (nSPS) is 17.2. The second kappa shape index (κ2) is 6.48. The van der Waals surface area contributed by atoms with Crippen molar-refractivity contribution in [1.29, 1.82) is 0 Å². The smallest absolute Gasteiger partial charge is 0.326 e. The summed E-state index contributed by atoms with van der Waals surface area (Å²) in [6.45, 7) is 8.78. The van der Waals surface area contributed by atoms with Crippen LogP contribution in [0.4, 0.5) is 0 Å². The molecule has 3 rings (SSSR count). The molecule has 1 aromatic carbocycles. The second-order valence-corrected chi connectivity index (χ2v) is 7.47. The lowest BCUT2D eigenvalue weighted by atomic mass is 9.98. The third-order valence-electron chi connectivity index (χ3n) is 4.95. The molecule has 1 saturated heterocycles. The molecular weight excluding hydrogens is 302 g/mol. The molecule has 2 aromatic rings. The van der Waals surface area contributed by atoms with Gasteiger partial charge in [-0.05, 0) is 45.7 Å². The van der Waals surface area contributed by atoms with Crippen LogP contribution in [0.25, 0.3) is 11.3 Å². The summed E-state index contributed by atoms with van der Waals surface area (Å²) < 4.78 is 7.27. The lowest BCUT2D eigenvalue weighted by Crippen LogP contribution is -2.47. The summed E-state index contributed by atoms with van der Waals surface area (Å²) in [5, 5.41) is 0. The van der Waals surface area contributed by atoms with E-state index in [9.17, 15) is 4.79 Å². The first kappa shape index (κ1) is 16.8. The zero-order chi connectivity index (χ0) is 17.3. The number of benzene rings is 1. The van der Waals surface area contributed by atoms with Crippen molar-refractivity contribution in [3.8, 4) is 17.0 Å². The third kappa shape index (κ3) is 3.26. The predicted molar refractivity (Wildman–Crippen MR) is 96.6 cm³/mol. The van der Waals surface area contributed by atoms with Gasteiger partial charge >= 0.3 is 5.69 Å². The van der Waals surface area contributed by atoms with Crippen LogP contribution in [0.3, 0.4) is 0 Å². The maximum absolute atomic E-state index is 12.4. The molecule has 2 heterocycles. The van der Waals surface area contributed by atoms with E-state index in [2.05, 4.69) is 30.7 Å². The fourth-order valence-electron chi connectivity index (χ4n) is 3.50. The minimum Gasteiger partial charge on any atom is -0.496 e. The Morgan fingerprint density at radius 1 is 1.17 bits per heavy atom. The van der Waals surface area contributed by atoms with Crippen molar-refractivity contribution >= 4 is 0 Å².